The first-order chi connectivity index (χ1) is 6.83. The average Bonchev–Trinajstić information content (AvgIpc) is 2.10. The smallest absolute Gasteiger partial charge is 0.173 e. The molecule has 17 heavy (non-hydrogen) atoms. The fourth-order valence-electron chi connectivity index (χ4n) is 1.91. The van der Waals surface area contributed by atoms with E-state index < -0.39 is 16.6 Å². The molecule has 0 aliphatic carbocycles. The van der Waals surface area contributed by atoms with Crippen LogP contribution >= 0.6 is 24.8 Å². The highest BCUT2D eigenvalue weighted by atomic mass is 35.5. The normalized spacial score (nSPS) is 11.6. The minimum atomic E-state index is -1.47. The Balaban J connectivity index is -0.000000980. The van der Waals surface area contributed by atoms with E-state index in [1.807, 2.05) is 0 Å². The van der Waals surface area contributed by atoms with Gasteiger partial charge in [0.2, 0.25) is 0 Å². The Morgan fingerprint density at radius 1 is 0.765 bits per heavy atom. The van der Waals surface area contributed by atoms with Gasteiger partial charge in [-0.1, -0.05) is 0 Å². The molecule has 3 nitrogen and oxygen atoms in total. The minimum Gasteiger partial charge on any atom is -0.455 e. The van der Waals surface area contributed by atoms with Gasteiger partial charge in [-0.2, -0.15) is 0 Å². The Morgan fingerprint density at radius 2 is 1.06 bits per heavy atom. The van der Waals surface area contributed by atoms with Crippen LogP contribution in [0, 0.1) is 0 Å². The standard InChI is InChI=1S/C10H28N2OSi2.2ClH/c1-14(2,9-5-7-11)13-15(3,4)10-6-8-12;;/h5-12H2,1-4H3;2*1H. The fourth-order valence-corrected chi connectivity index (χ4v) is 10.8. The molecule has 0 unspecified atom stereocenters. The van der Waals surface area contributed by atoms with Gasteiger partial charge in [0.15, 0.2) is 16.6 Å². The predicted molar refractivity (Wildman–Crippen MR) is 87.5 cm³/mol. The van der Waals surface area contributed by atoms with Gasteiger partial charge >= 0.3 is 0 Å². The van der Waals surface area contributed by atoms with Crippen molar-refractivity contribution in [1.29, 1.82) is 0 Å². The van der Waals surface area contributed by atoms with Crippen molar-refractivity contribution in [3.63, 3.8) is 0 Å². The topological polar surface area (TPSA) is 61.3 Å². The molecule has 7 heteroatoms. The van der Waals surface area contributed by atoms with Crippen LogP contribution in [-0.2, 0) is 4.12 Å². The number of halogens is 2. The molecule has 0 aromatic heterocycles. The predicted octanol–water partition coefficient (Wildman–Crippen LogP) is 2.95. The summed E-state index contributed by atoms with van der Waals surface area (Å²) < 4.78 is 6.40. The highest BCUT2D eigenvalue weighted by Gasteiger charge is 2.31. The maximum Gasteiger partial charge on any atom is 0.173 e. The molecule has 0 radical (unpaired) electrons. The van der Waals surface area contributed by atoms with Crippen molar-refractivity contribution in [1.82, 2.24) is 0 Å². The summed E-state index contributed by atoms with van der Waals surface area (Å²) in [5, 5.41) is 0. The Morgan fingerprint density at radius 3 is 1.29 bits per heavy atom. The van der Waals surface area contributed by atoms with Crippen LogP contribution in [0.2, 0.25) is 38.3 Å². The van der Waals surface area contributed by atoms with Crippen LogP contribution in [0.1, 0.15) is 12.8 Å². The molecule has 0 aliphatic rings. The van der Waals surface area contributed by atoms with Crippen LogP contribution in [-0.4, -0.2) is 29.7 Å². The average molecular weight is 321 g/mol. The summed E-state index contributed by atoms with van der Waals surface area (Å²) >= 11 is 0. The van der Waals surface area contributed by atoms with Gasteiger partial charge in [0.05, 0.1) is 0 Å². The van der Waals surface area contributed by atoms with Crippen molar-refractivity contribution in [2.24, 2.45) is 11.5 Å². The lowest BCUT2D eigenvalue weighted by molar-refractivity contribution is 0.531. The molecule has 0 aromatic carbocycles. The molecule has 0 heterocycles. The van der Waals surface area contributed by atoms with Gasteiger partial charge < -0.3 is 15.6 Å². The van der Waals surface area contributed by atoms with Gasteiger partial charge in [-0.3, -0.25) is 0 Å². The molecule has 0 rings (SSSR count). The van der Waals surface area contributed by atoms with Crippen molar-refractivity contribution in [3.8, 4) is 0 Å². The zero-order valence-corrected chi connectivity index (χ0v) is 15.3. The zero-order chi connectivity index (χ0) is 11.9. The van der Waals surface area contributed by atoms with Crippen LogP contribution in [0.15, 0.2) is 0 Å². The summed E-state index contributed by atoms with van der Waals surface area (Å²) in [6.45, 7) is 10.8. The summed E-state index contributed by atoms with van der Waals surface area (Å²) in [4.78, 5) is 0. The summed E-state index contributed by atoms with van der Waals surface area (Å²) in [5.74, 6) is 0. The van der Waals surface area contributed by atoms with Crippen LogP contribution in [0.3, 0.4) is 0 Å². The molecule has 108 valence electrons. The second-order valence-electron chi connectivity index (χ2n) is 5.41. The Kier molecular flexibility index (Phi) is 14.6. The van der Waals surface area contributed by atoms with E-state index in [0.29, 0.717) is 0 Å². The van der Waals surface area contributed by atoms with E-state index in [-0.39, 0.29) is 24.8 Å². The van der Waals surface area contributed by atoms with E-state index in [1.165, 1.54) is 12.1 Å². The van der Waals surface area contributed by atoms with E-state index in [0.717, 1.165) is 25.9 Å². The molecule has 0 saturated heterocycles. The molecule has 0 spiro atoms. The Labute approximate surface area is 121 Å². The lowest BCUT2D eigenvalue weighted by Gasteiger charge is -2.34. The third kappa shape index (κ3) is 13.1. The maximum atomic E-state index is 6.40. The minimum absolute atomic E-state index is 0. The highest BCUT2D eigenvalue weighted by Crippen LogP contribution is 2.23. The monoisotopic (exact) mass is 320 g/mol. The van der Waals surface area contributed by atoms with E-state index in [1.54, 1.807) is 0 Å². The highest BCUT2D eigenvalue weighted by molar-refractivity contribution is 6.84. The van der Waals surface area contributed by atoms with Crippen molar-refractivity contribution in [3.05, 3.63) is 0 Å². The molecule has 0 fully saturated rings. The quantitative estimate of drug-likeness (QED) is 0.676. The zero-order valence-electron chi connectivity index (χ0n) is 11.6. The summed E-state index contributed by atoms with van der Waals surface area (Å²) in [7, 11) is -2.94. The van der Waals surface area contributed by atoms with Crippen molar-refractivity contribution in [2.45, 2.75) is 51.1 Å². The third-order valence-corrected chi connectivity index (χ3v) is 10.1. The largest absolute Gasteiger partial charge is 0.455 e. The molecule has 0 bridgehead atoms. The van der Waals surface area contributed by atoms with Gasteiger partial charge in [-0.25, -0.2) is 0 Å². The number of hydrogen-bond donors (Lipinski definition) is 2. The Hall–Kier alpha value is 0.894. The van der Waals surface area contributed by atoms with Gasteiger partial charge in [-0.15, -0.1) is 24.8 Å². The first-order valence-corrected chi connectivity index (χ1v) is 12.2. The van der Waals surface area contributed by atoms with Gasteiger partial charge in [0, 0.05) is 0 Å². The summed E-state index contributed by atoms with van der Waals surface area (Å²) in [6, 6.07) is 2.37. The van der Waals surface area contributed by atoms with Crippen LogP contribution < -0.4 is 11.5 Å². The van der Waals surface area contributed by atoms with Gasteiger partial charge in [0.25, 0.3) is 0 Å². The summed E-state index contributed by atoms with van der Waals surface area (Å²) in [6.07, 6.45) is 2.20. The summed E-state index contributed by atoms with van der Waals surface area (Å²) in [5.41, 5.74) is 11.1. The molecule has 0 saturated carbocycles. The van der Waals surface area contributed by atoms with Crippen molar-refractivity contribution < 1.29 is 4.12 Å². The Bertz CT molecular complexity index is 166. The molecule has 0 aliphatic heterocycles. The van der Waals surface area contributed by atoms with Crippen molar-refractivity contribution >= 4 is 41.4 Å². The second kappa shape index (κ2) is 10.8. The van der Waals surface area contributed by atoms with Crippen molar-refractivity contribution in [2.75, 3.05) is 13.1 Å². The van der Waals surface area contributed by atoms with Crippen LogP contribution in [0.25, 0.3) is 0 Å². The second-order valence-corrected chi connectivity index (χ2v) is 14.3. The molecule has 0 amide bonds. The molecular formula is C10H30Cl2N2OSi2. The van der Waals surface area contributed by atoms with Gasteiger partial charge in [-0.05, 0) is 64.2 Å². The lowest BCUT2D eigenvalue weighted by Crippen LogP contribution is -2.44. The maximum absolute atomic E-state index is 6.40. The molecule has 4 N–H and O–H groups in total. The molecule has 0 atom stereocenters. The number of nitrogens with two attached hydrogens (primary N) is 2. The number of hydrogen-bond acceptors (Lipinski definition) is 3. The first-order valence-electron chi connectivity index (χ1n) is 5.93. The molecular weight excluding hydrogens is 291 g/mol. The van der Waals surface area contributed by atoms with Crippen LogP contribution in [0.5, 0.6) is 0 Å². The molecule has 0 aromatic rings. The SMILES string of the molecule is C[Si](C)(CCCN)O[Si](C)(C)CCCN.Cl.Cl. The third-order valence-electron chi connectivity index (χ3n) is 2.52. The van der Waals surface area contributed by atoms with E-state index in [2.05, 4.69) is 26.2 Å². The van der Waals surface area contributed by atoms with Crippen LogP contribution in [0.4, 0.5) is 0 Å². The van der Waals surface area contributed by atoms with E-state index in [4.69, 9.17) is 15.6 Å². The fraction of sp³-hybridized carbons (Fsp3) is 1.00. The van der Waals surface area contributed by atoms with E-state index >= 15 is 0 Å². The van der Waals surface area contributed by atoms with Gasteiger partial charge in [0.1, 0.15) is 0 Å². The number of rotatable bonds is 8. The lowest BCUT2D eigenvalue weighted by atomic mass is 10.5. The van der Waals surface area contributed by atoms with E-state index in [9.17, 15) is 0 Å². The first kappa shape index (κ1) is 23.0.